The average molecular weight is 426 g/mol. The second kappa shape index (κ2) is 8.50. The first-order chi connectivity index (χ1) is 14.5. The largest absolute Gasteiger partial charge is 0.494 e. The third kappa shape index (κ3) is 4.25. The normalized spacial score (nSPS) is 10.9. The quantitative estimate of drug-likeness (QED) is 0.475. The zero-order chi connectivity index (χ0) is 21.1. The zero-order valence-corrected chi connectivity index (χ0v) is 17.2. The molecule has 2 heterocycles. The summed E-state index contributed by atoms with van der Waals surface area (Å²) in [6.45, 7) is 4.12. The van der Waals surface area contributed by atoms with Gasteiger partial charge in [-0.05, 0) is 50.2 Å². The summed E-state index contributed by atoms with van der Waals surface area (Å²) in [5.41, 5.74) is 0.972. The van der Waals surface area contributed by atoms with Crippen LogP contribution in [-0.4, -0.2) is 33.9 Å². The molecule has 0 bridgehead atoms. The van der Waals surface area contributed by atoms with Crippen molar-refractivity contribution in [1.29, 1.82) is 0 Å². The molecular weight excluding hydrogens is 407 g/mol. The molecule has 7 nitrogen and oxygen atoms in total. The second-order valence-corrected chi connectivity index (χ2v) is 7.42. The fourth-order valence-electron chi connectivity index (χ4n) is 2.85. The Hall–Kier alpha value is -3.46. The minimum atomic E-state index is -0.395. The molecule has 2 aromatic heterocycles. The van der Waals surface area contributed by atoms with Gasteiger partial charge in [0.2, 0.25) is 5.13 Å². The summed E-state index contributed by atoms with van der Waals surface area (Å²) >= 11 is 1.29. The maximum atomic E-state index is 14.0. The van der Waals surface area contributed by atoms with Gasteiger partial charge in [0.1, 0.15) is 28.7 Å². The lowest BCUT2D eigenvalue weighted by Gasteiger charge is -2.09. The number of rotatable bonds is 7. The number of hydrogen-bond acceptors (Lipinski definition) is 6. The number of carbonyl (C=O) groups is 1. The zero-order valence-electron chi connectivity index (χ0n) is 16.4. The van der Waals surface area contributed by atoms with Crippen molar-refractivity contribution in [3.8, 4) is 16.6 Å². The lowest BCUT2D eigenvalue weighted by Crippen LogP contribution is -2.21. The van der Waals surface area contributed by atoms with E-state index >= 15 is 0 Å². The van der Waals surface area contributed by atoms with Gasteiger partial charge in [-0.3, -0.25) is 4.79 Å². The summed E-state index contributed by atoms with van der Waals surface area (Å²) in [6.07, 6.45) is 0. The van der Waals surface area contributed by atoms with Gasteiger partial charge in [0.05, 0.1) is 17.0 Å². The van der Waals surface area contributed by atoms with Gasteiger partial charge in [-0.25, -0.2) is 9.37 Å². The standard InChI is InChI=1S/C21H19FN4O3S/c1-3-28-14-7-9-15(10-8-14)29-12-19(27)23-18-11-13(2)25-26(18)21-24-20-16(22)5-4-6-17(20)30-21/h4-11H,3,12H2,1-2H3,(H,23,27). The number of halogens is 1. The summed E-state index contributed by atoms with van der Waals surface area (Å²) < 4.78 is 27.1. The number of fused-ring (bicyclic) bond motifs is 1. The Morgan fingerprint density at radius 1 is 1.17 bits per heavy atom. The molecule has 1 N–H and O–H groups in total. The molecule has 0 saturated carbocycles. The molecule has 0 aliphatic carbocycles. The van der Waals surface area contributed by atoms with Crippen LogP contribution in [0.3, 0.4) is 0 Å². The maximum Gasteiger partial charge on any atom is 0.263 e. The smallest absolute Gasteiger partial charge is 0.263 e. The van der Waals surface area contributed by atoms with E-state index in [0.717, 1.165) is 5.75 Å². The predicted molar refractivity (Wildman–Crippen MR) is 113 cm³/mol. The van der Waals surface area contributed by atoms with Crippen LogP contribution in [-0.2, 0) is 4.79 Å². The van der Waals surface area contributed by atoms with E-state index in [1.165, 1.54) is 22.1 Å². The van der Waals surface area contributed by atoms with Crippen molar-refractivity contribution in [2.45, 2.75) is 13.8 Å². The number of anilines is 1. The summed E-state index contributed by atoms with van der Waals surface area (Å²) in [7, 11) is 0. The van der Waals surface area contributed by atoms with Crippen LogP contribution in [0.15, 0.2) is 48.5 Å². The molecule has 2 aromatic carbocycles. The van der Waals surface area contributed by atoms with E-state index in [1.807, 2.05) is 6.92 Å². The molecule has 0 radical (unpaired) electrons. The van der Waals surface area contributed by atoms with Gasteiger partial charge in [0, 0.05) is 6.07 Å². The highest BCUT2D eigenvalue weighted by molar-refractivity contribution is 7.20. The predicted octanol–water partition coefficient (Wildman–Crippen LogP) is 4.35. The first kappa shape index (κ1) is 19.8. The van der Waals surface area contributed by atoms with Crippen molar-refractivity contribution < 1.29 is 18.7 Å². The first-order valence-corrected chi connectivity index (χ1v) is 10.1. The molecule has 0 saturated heterocycles. The van der Waals surface area contributed by atoms with Crippen molar-refractivity contribution in [3.05, 3.63) is 60.0 Å². The number of amides is 1. The number of benzene rings is 2. The van der Waals surface area contributed by atoms with Gasteiger partial charge < -0.3 is 14.8 Å². The van der Waals surface area contributed by atoms with E-state index in [4.69, 9.17) is 9.47 Å². The molecule has 0 spiro atoms. The van der Waals surface area contributed by atoms with E-state index in [9.17, 15) is 9.18 Å². The topological polar surface area (TPSA) is 78.3 Å². The van der Waals surface area contributed by atoms with Gasteiger partial charge in [-0.1, -0.05) is 17.4 Å². The van der Waals surface area contributed by atoms with Crippen molar-refractivity contribution >= 4 is 33.3 Å². The van der Waals surface area contributed by atoms with Crippen molar-refractivity contribution in [1.82, 2.24) is 14.8 Å². The molecule has 0 aliphatic heterocycles. The third-order valence-electron chi connectivity index (χ3n) is 4.14. The highest BCUT2D eigenvalue weighted by Gasteiger charge is 2.16. The Kier molecular flexibility index (Phi) is 5.62. The molecule has 9 heteroatoms. The summed E-state index contributed by atoms with van der Waals surface area (Å²) in [5, 5.41) is 7.62. The summed E-state index contributed by atoms with van der Waals surface area (Å²) in [4.78, 5) is 16.7. The number of nitrogens with one attached hydrogen (secondary N) is 1. The van der Waals surface area contributed by atoms with Crippen LogP contribution in [0.2, 0.25) is 0 Å². The van der Waals surface area contributed by atoms with Crippen LogP contribution in [0.25, 0.3) is 15.3 Å². The molecule has 1 amide bonds. The number of ether oxygens (including phenoxy) is 2. The number of thiazole rings is 1. The minimum absolute atomic E-state index is 0.174. The summed E-state index contributed by atoms with van der Waals surface area (Å²) in [6, 6.07) is 13.5. The number of aromatic nitrogens is 3. The van der Waals surface area contributed by atoms with Gasteiger partial charge in [-0.15, -0.1) is 0 Å². The Morgan fingerprint density at radius 3 is 2.60 bits per heavy atom. The Balaban J connectivity index is 1.47. The molecule has 154 valence electrons. The lowest BCUT2D eigenvalue weighted by molar-refractivity contribution is -0.118. The highest BCUT2D eigenvalue weighted by Crippen LogP contribution is 2.28. The number of carbonyl (C=O) groups excluding carboxylic acids is 1. The van der Waals surface area contributed by atoms with Crippen LogP contribution in [0.4, 0.5) is 10.2 Å². The van der Waals surface area contributed by atoms with Crippen molar-refractivity contribution in [2.24, 2.45) is 0 Å². The van der Waals surface area contributed by atoms with E-state index in [2.05, 4.69) is 15.4 Å². The number of hydrogen-bond donors (Lipinski definition) is 1. The molecule has 0 unspecified atom stereocenters. The van der Waals surface area contributed by atoms with Crippen LogP contribution in [0.5, 0.6) is 11.5 Å². The number of aryl methyl sites for hydroxylation is 1. The fourth-order valence-corrected chi connectivity index (χ4v) is 3.80. The van der Waals surface area contributed by atoms with E-state index in [-0.39, 0.29) is 18.0 Å². The van der Waals surface area contributed by atoms with Gasteiger partial charge in [0.25, 0.3) is 5.91 Å². The van der Waals surface area contributed by atoms with Crippen molar-refractivity contribution in [2.75, 3.05) is 18.5 Å². The molecule has 4 rings (SSSR count). The van der Waals surface area contributed by atoms with Crippen LogP contribution >= 0.6 is 11.3 Å². The molecule has 30 heavy (non-hydrogen) atoms. The molecule has 0 aliphatic rings. The SMILES string of the molecule is CCOc1ccc(OCC(=O)Nc2cc(C)nn2-c2nc3c(F)cccc3s2)cc1. The van der Waals surface area contributed by atoms with Gasteiger partial charge >= 0.3 is 0 Å². The van der Waals surface area contributed by atoms with Gasteiger partial charge in [-0.2, -0.15) is 9.78 Å². The monoisotopic (exact) mass is 426 g/mol. The van der Waals surface area contributed by atoms with Crippen LogP contribution in [0.1, 0.15) is 12.6 Å². The molecule has 0 atom stereocenters. The maximum absolute atomic E-state index is 14.0. The fraction of sp³-hybridized carbons (Fsp3) is 0.190. The van der Waals surface area contributed by atoms with E-state index in [1.54, 1.807) is 49.4 Å². The minimum Gasteiger partial charge on any atom is -0.494 e. The first-order valence-electron chi connectivity index (χ1n) is 9.31. The van der Waals surface area contributed by atoms with Crippen LogP contribution in [0, 0.1) is 12.7 Å². The Bertz CT molecular complexity index is 1190. The van der Waals surface area contributed by atoms with Crippen LogP contribution < -0.4 is 14.8 Å². The van der Waals surface area contributed by atoms with E-state index < -0.39 is 5.82 Å². The number of nitrogens with zero attached hydrogens (tertiary/aromatic N) is 3. The van der Waals surface area contributed by atoms with E-state index in [0.29, 0.717) is 33.7 Å². The summed E-state index contributed by atoms with van der Waals surface area (Å²) in [5.74, 6) is 0.985. The second-order valence-electron chi connectivity index (χ2n) is 6.41. The van der Waals surface area contributed by atoms with Crippen molar-refractivity contribution in [3.63, 3.8) is 0 Å². The Labute approximate surface area is 176 Å². The Morgan fingerprint density at radius 2 is 1.90 bits per heavy atom. The number of para-hydroxylation sites is 1. The molecular formula is C21H19FN4O3S. The highest BCUT2D eigenvalue weighted by atomic mass is 32.1. The molecule has 0 fully saturated rings. The van der Waals surface area contributed by atoms with Gasteiger partial charge in [0.15, 0.2) is 6.61 Å². The third-order valence-corrected chi connectivity index (χ3v) is 5.14. The molecule has 4 aromatic rings. The lowest BCUT2D eigenvalue weighted by atomic mass is 10.3. The average Bonchev–Trinajstić information content (AvgIpc) is 3.32.